The summed E-state index contributed by atoms with van der Waals surface area (Å²) in [4.78, 5) is 25.0. The molecule has 25 heavy (non-hydrogen) atoms. The van der Waals surface area contributed by atoms with Crippen molar-refractivity contribution in [2.24, 2.45) is 0 Å². The number of esters is 2. The van der Waals surface area contributed by atoms with Crippen molar-refractivity contribution in [2.45, 2.75) is 27.7 Å². The summed E-state index contributed by atoms with van der Waals surface area (Å²) in [5, 5.41) is 0. The standard InChI is InChI=1S/C20H16O4.V/c1-9-5-11(3)17-13(7-9)15(19(21)23-17)16-14-8-10(2)6-12(4)18(14)24-20(16)22;/h5-8H,1-4H3;/b16-15+;. The second-order valence-corrected chi connectivity index (χ2v) is 6.45. The van der Waals surface area contributed by atoms with Crippen molar-refractivity contribution in [3.63, 3.8) is 0 Å². The Labute approximate surface area is 157 Å². The molecular weight excluding hydrogens is 355 g/mol. The van der Waals surface area contributed by atoms with Crippen molar-refractivity contribution < 1.29 is 37.6 Å². The molecule has 5 heteroatoms. The van der Waals surface area contributed by atoms with Gasteiger partial charge in [0.2, 0.25) is 0 Å². The predicted octanol–water partition coefficient (Wildman–Crippen LogP) is 3.67. The second kappa shape index (κ2) is 5.90. The van der Waals surface area contributed by atoms with Crippen molar-refractivity contribution in [2.75, 3.05) is 0 Å². The number of rotatable bonds is 0. The molecule has 0 bridgehead atoms. The van der Waals surface area contributed by atoms with Gasteiger partial charge in [-0.25, -0.2) is 9.59 Å². The first kappa shape index (κ1) is 17.5. The van der Waals surface area contributed by atoms with Crippen molar-refractivity contribution in [3.8, 4) is 11.5 Å². The smallest absolute Gasteiger partial charge is 0.345 e. The van der Waals surface area contributed by atoms with E-state index >= 15 is 0 Å². The van der Waals surface area contributed by atoms with Gasteiger partial charge < -0.3 is 9.47 Å². The molecule has 4 rings (SSSR count). The molecule has 0 atom stereocenters. The summed E-state index contributed by atoms with van der Waals surface area (Å²) in [7, 11) is 0. The van der Waals surface area contributed by atoms with E-state index in [1.165, 1.54) is 0 Å². The number of carbonyl (C=O) groups excluding carboxylic acids is 2. The van der Waals surface area contributed by atoms with Gasteiger partial charge in [-0.2, -0.15) is 0 Å². The Hall–Kier alpha value is -2.30. The Bertz CT molecular complexity index is 906. The van der Waals surface area contributed by atoms with E-state index in [9.17, 15) is 9.59 Å². The molecule has 2 heterocycles. The van der Waals surface area contributed by atoms with Crippen LogP contribution in [0.3, 0.4) is 0 Å². The zero-order chi connectivity index (χ0) is 17.2. The normalized spacial score (nSPS) is 17.6. The van der Waals surface area contributed by atoms with Gasteiger partial charge in [-0.1, -0.05) is 12.1 Å². The van der Waals surface area contributed by atoms with Crippen LogP contribution in [0.4, 0.5) is 0 Å². The minimum atomic E-state index is -0.502. The predicted molar refractivity (Wildman–Crippen MR) is 89.9 cm³/mol. The first-order valence-electron chi connectivity index (χ1n) is 7.78. The molecule has 2 aromatic carbocycles. The van der Waals surface area contributed by atoms with Crippen LogP contribution in [-0.2, 0) is 28.1 Å². The summed E-state index contributed by atoms with van der Waals surface area (Å²) in [5.41, 5.74) is 5.69. The Morgan fingerprint density at radius 1 is 0.640 bits per heavy atom. The van der Waals surface area contributed by atoms with Crippen molar-refractivity contribution in [3.05, 3.63) is 57.6 Å². The summed E-state index contributed by atoms with van der Waals surface area (Å²) in [5.74, 6) is 0.0489. The van der Waals surface area contributed by atoms with Crippen LogP contribution in [0.15, 0.2) is 24.3 Å². The van der Waals surface area contributed by atoms with Crippen LogP contribution in [0, 0.1) is 27.7 Å². The molecule has 2 aromatic rings. The SMILES string of the molecule is Cc1cc(C)c2c(c1)/C(=C1\C(=O)Oc3c(C)cc(C)cc31)C(=O)O2.[V]. The Morgan fingerprint density at radius 2 is 1.00 bits per heavy atom. The molecule has 0 fully saturated rings. The molecule has 0 unspecified atom stereocenters. The van der Waals surface area contributed by atoms with Gasteiger partial charge in [0.1, 0.15) is 11.5 Å². The van der Waals surface area contributed by atoms with Crippen molar-refractivity contribution >= 4 is 23.1 Å². The molecular formula is C20H16O4V. The van der Waals surface area contributed by atoms with E-state index in [1.54, 1.807) is 0 Å². The van der Waals surface area contributed by atoms with E-state index in [-0.39, 0.29) is 18.6 Å². The van der Waals surface area contributed by atoms with Crippen LogP contribution in [0.2, 0.25) is 0 Å². The maximum absolute atomic E-state index is 12.5. The van der Waals surface area contributed by atoms with Gasteiger partial charge in [0.15, 0.2) is 0 Å². The van der Waals surface area contributed by atoms with E-state index in [0.29, 0.717) is 33.8 Å². The topological polar surface area (TPSA) is 52.6 Å². The minimum absolute atomic E-state index is 0. The molecule has 0 N–H and O–H groups in total. The monoisotopic (exact) mass is 371 g/mol. The van der Waals surface area contributed by atoms with Crippen molar-refractivity contribution in [1.82, 2.24) is 0 Å². The number of carbonyl (C=O) groups is 2. The van der Waals surface area contributed by atoms with E-state index in [2.05, 4.69) is 0 Å². The molecule has 2 aliphatic heterocycles. The van der Waals surface area contributed by atoms with Crippen LogP contribution in [0.5, 0.6) is 11.5 Å². The Kier molecular flexibility index (Phi) is 4.14. The first-order chi connectivity index (χ1) is 11.4. The number of hydrogen-bond acceptors (Lipinski definition) is 4. The Balaban J connectivity index is 0.00000182. The fraction of sp³-hybridized carbons (Fsp3) is 0.200. The van der Waals surface area contributed by atoms with Crippen LogP contribution < -0.4 is 9.47 Å². The van der Waals surface area contributed by atoms with Gasteiger partial charge in [-0.3, -0.25) is 0 Å². The maximum atomic E-state index is 12.5. The van der Waals surface area contributed by atoms with Crippen molar-refractivity contribution in [1.29, 1.82) is 0 Å². The second-order valence-electron chi connectivity index (χ2n) is 6.45. The van der Waals surface area contributed by atoms with Crippen LogP contribution in [0.25, 0.3) is 11.1 Å². The fourth-order valence-electron chi connectivity index (χ4n) is 3.53. The van der Waals surface area contributed by atoms with Crippen LogP contribution >= 0.6 is 0 Å². The van der Waals surface area contributed by atoms with Crippen LogP contribution in [-0.4, -0.2) is 11.9 Å². The van der Waals surface area contributed by atoms with Gasteiger partial charge >= 0.3 is 11.9 Å². The molecule has 1 radical (unpaired) electrons. The third-order valence-corrected chi connectivity index (χ3v) is 4.42. The summed E-state index contributed by atoms with van der Waals surface area (Å²) in [6.07, 6.45) is 0. The number of fused-ring (bicyclic) bond motifs is 2. The summed E-state index contributed by atoms with van der Waals surface area (Å²) in [6.45, 7) is 7.69. The number of aryl methyl sites for hydroxylation is 4. The van der Waals surface area contributed by atoms with Gasteiger partial charge in [0.05, 0.1) is 11.1 Å². The average Bonchev–Trinajstić information content (AvgIpc) is 2.96. The molecule has 0 saturated heterocycles. The third-order valence-electron chi connectivity index (χ3n) is 4.42. The van der Waals surface area contributed by atoms with E-state index in [0.717, 1.165) is 22.3 Å². The number of hydrogen-bond donors (Lipinski definition) is 0. The largest absolute Gasteiger partial charge is 0.422 e. The quantitative estimate of drug-likeness (QED) is 0.403. The molecule has 125 valence electrons. The molecule has 2 aliphatic rings. The van der Waals surface area contributed by atoms with Gasteiger partial charge in [0.25, 0.3) is 0 Å². The maximum Gasteiger partial charge on any atom is 0.345 e. The van der Waals surface area contributed by atoms with Gasteiger partial charge in [-0.05, 0) is 62.1 Å². The summed E-state index contributed by atoms with van der Waals surface area (Å²) >= 11 is 0. The summed E-state index contributed by atoms with van der Waals surface area (Å²) < 4.78 is 10.9. The zero-order valence-corrected chi connectivity index (χ0v) is 15.8. The zero-order valence-electron chi connectivity index (χ0n) is 14.4. The van der Waals surface area contributed by atoms with Gasteiger partial charge in [-0.15, -0.1) is 0 Å². The molecule has 4 nitrogen and oxygen atoms in total. The molecule has 0 aromatic heterocycles. The number of ether oxygens (including phenoxy) is 2. The minimum Gasteiger partial charge on any atom is -0.422 e. The molecule has 0 amide bonds. The number of benzene rings is 2. The van der Waals surface area contributed by atoms with Gasteiger partial charge in [0, 0.05) is 29.7 Å². The molecule has 0 saturated carbocycles. The molecule has 0 spiro atoms. The van der Waals surface area contributed by atoms with E-state index in [4.69, 9.17) is 9.47 Å². The molecule has 0 aliphatic carbocycles. The fourth-order valence-corrected chi connectivity index (χ4v) is 3.53. The average molecular weight is 371 g/mol. The Morgan fingerprint density at radius 3 is 1.36 bits per heavy atom. The van der Waals surface area contributed by atoms with E-state index in [1.807, 2.05) is 52.0 Å². The van der Waals surface area contributed by atoms with Crippen LogP contribution in [0.1, 0.15) is 33.4 Å². The first-order valence-corrected chi connectivity index (χ1v) is 7.78. The summed E-state index contributed by atoms with van der Waals surface area (Å²) in [6, 6.07) is 7.66. The van der Waals surface area contributed by atoms with E-state index < -0.39 is 11.9 Å². The third kappa shape index (κ3) is 2.53.